The van der Waals surface area contributed by atoms with Gasteiger partial charge in [-0.15, -0.1) is 16.4 Å². The summed E-state index contributed by atoms with van der Waals surface area (Å²) in [4.78, 5) is 4.51. The van der Waals surface area contributed by atoms with Crippen LogP contribution in [0.1, 0.15) is 5.56 Å². The molecular formula is C13H11N3O2S2. The second-order valence-electron chi connectivity index (χ2n) is 4.18. The molecule has 1 unspecified atom stereocenters. The van der Waals surface area contributed by atoms with E-state index in [1.165, 1.54) is 17.6 Å². The van der Waals surface area contributed by atoms with E-state index in [2.05, 4.69) is 15.2 Å². The zero-order valence-corrected chi connectivity index (χ0v) is 12.5. The van der Waals surface area contributed by atoms with Gasteiger partial charge in [-0.2, -0.15) is 0 Å². The molecule has 2 heterocycles. The summed E-state index contributed by atoms with van der Waals surface area (Å²) in [6.45, 7) is 2.04. The average molecular weight is 305 g/mol. The van der Waals surface area contributed by atoms with Crippen molar-refractivity contribution >= 4 is 22.5 Å². The largest absolute Gasteiger partial charge is 0.608 e. The molecule has 7 heteroatoms. The van der Waals surface area contributed by atoms with Gasteiger partial charge < -0.3 is 8.97 Å². The summed E-state index contributed by atoms with van der Waals surface area (Å²) >= 11 is 0.235. The molecule has 0 aliphatic rings. The molecule has 1 atom stereocenters. The lowest BCUT2D eigenvalue weighted by Gasteiger charge is -1.99. The summed E-state index contributed by atoms with van der Waals surface area (Å²) in [5.74, 6) is 0.297. The van der Waals surface area contributed by atoms with Crippen molar-refractivity contribution in [3.8, 4) is 22.2 Å². The summed E-state index contributed by atoms with van der Waals surface area (Å²) in [5.41, 5.74) is 2.86. The molecule has 20 heavy (non-hydrogen) atoms. The van der Waals surface area contributed by atoms with Crippen molar-refractivity contribution in [2.24, 2.45) is 0 Å². The van der Waals surface area contributed by atoms with Gasteiger partial charge in [-0.05, 0) is 12.5 Å². The molecular weight excluding hydrogens is 294 g/mol. The standard InChI is InChI=1S/C13H11N3O2S2/c1-8-5-3-4-6-9(8)12-14-10(7-19-12)11-15-16-13(18-11)20(2)17/h3-7H,1-2H3. The quantitative estimate of drug-likeness (QED) is 0.695. The minimum Gasteiger partial charge on any atom is -0.608 e. The Balaban J connectivity index is 1.96. The monoisotopic (exact) mass is 305 g/mol. The molecule has 0 aliphatic carbocycles. The average Bonchev–Trinajstić information content (AvgIpc) is 3.08. The Morgan fingerprint density at radius 3 is 2.75 bits per heavy atom. The van der Waals surface area contributed by atoms with E-state index < -0.39 is 11.2 Å². The highest BCUT2D eigenvalue weighted by atomic mass is 32.2. The van der Waals surface area contributed by atoms with Gasteiger partial charge in [-0.1, -0.05) is 29.4 Å². The zero-order valence-electron chi connectivity index (χ0n) is 10.9. The maximum Gasteiger partial charge on any atom is 0.435 e. The lowest BCUT2D eigenvalue weighted by atomic mass is 10.1. The number of aromatic nitrogens is 3. The highest BCUT2D eigenvalue weighted by Gasteiger charge is 2.18. The van der Waals surface area contributed by atoms with E-state index >= 15 is 0 Å². The molecule has 5 nitrogen and oxygen atoms in total. The number of hydrogen-bond acceptors (Lipinski definition) is 6. The third kappa shape index (κ3) is 2.47. The smallest absolute Gasteiger partial charge is 0.435 e. The Hall–Kier alpha value is -1.70. The van der Waals surface area contributed by atoms with Crippen LogP contribution in [0.5, 0.6) is 0 Å². The van der Waals surface area contributed by atoms with Crippen molar-refractivity contribution in [2.45, 2.75) is 12.1 Å². The predicted molar refractivity (Wildman–Crippen MR) is 77.9 cm³/mol. The fourth-order valence-corrected chi connectivity index (χ4v) is 2.97. The van der Waals surface area contributed by atoms with Gasteiger partial charge in [0, 0.05) is 22.1 Å². The van der Waals surface area contributed by atoms with Crippen molar-refractivity contribution < 1.29 is 8.97 Å². The van der Waals surface area contributed by atoms with Crippen LogP contribution in [-0.2, 0) is 11.2 Å². The van der Waals surface area contributed by atoms with Crippen molar-refractivity contribution in [1.82, 2.24) is 15.2 Å². The van der Waals surface area contributed by atoms with Crippen LogP contribution >= 0.6 is 11.3 Å². The summed E-state index contributed by atoms with van der Waals surface area (Å²) in [5, 5.41) is 10.5. The van der Waals surface area contributed by atoms with Gasteiger partial charge in [0.2, 0.25) is 0 Å². The van der Waals surface area contributed by atoms with Crippen molar-refractivity contribution in [3.63, 3.8) is 0 Å². The Morgan fingerprint density at radius 1 is 1.25 bits per heavy atom. The molecule has 0 radical (unpaired) electrons. The first-order valence-electron chi connectivity index (χ1n) is 5.84. The van der Waals surface area contributed by atoms with Crippen LogP contribution in [-0.4, -0.2) is 26.0 Å². The van der Waals surface area contributed by atoms with E-state index in [1.807, 2.05) is 36.6 Å². The third-order valence-electron chi connectivity index (χ3n) is 2.75. The molecule has 0 N–H and O–H groups in total. The molecule has 0 fully saturated rings. The van der Waals surface area contributed by atoms with Crippen LogP contribution in [0.3, 0.4) is 0 Å². The molecule has 2 aromatic heterocycles. The summed E-state index contributed by atoms with van der Waals surface area (Å²) in [6, 6.07) is 8.04. The first-order chi connectivity index (χ1) is 9.65. The van der Waals surface area contributed by atoms with Crippen molar-refractivity contribution in [1.29, 1.82) is 0 Å². The predicted octanol–water partition coefficient (Wildman–Crippen LogP) is 2.91. The lowest BCUT2D eigenvalue weighted by molar-refractivity contribution is 0.441. The highest BCUT2D eigenvalue weighted by Crippen LogP contribution is 2.30. The van der Waals surface area contributed by atoms with Gasteiger partial charge in [0.1, 0.15) is 17.0 Å². The topological polar surface area (TPSA) is 74.9 Å². The molecule has 3 aromatic rings. The molecule has 0 saturated heterocycles. The Kier molecular flexibility index (Phi) is 3.56. The van der Waals surface area contributed by atoms with Gasteiger partial charge >= 0.3 is 5.22 Å². The first-order valence-corrected chi connectivity index (χ1v) is 8.28. The minimum atomic E-state index is -1.28. The minimum absolute atomic E-state index is 0.116. The Morgan fingerprint density at radius 2 is 2.05 bits per heavy atom. The zero-order chi connectivity index (χ0) is 14.1. The molecule has 0 spiro atoms. The van der Waals surface area contributed by atoms with E-state index in [4.69, 9.17) is 4.42 Å². The molecule has 0 amide bonds. The number of benzene rings is 1. The summed E-state index contributed by atoms with van der Waals surface area (Å²) < 4.78 is 16.6. The fraction of sp³-hybridized carbons (Fsp3) is 0.154. The maximum atomic E-state index is 11.3. The van der Waals surface area contributed by atoms with E-state index in [-0.39, 0.29) is 5.22 Å². The van der Waals surface area contributed by atoms with Crippen LogP contribution in [0.15, 0.2) is 39.3 Å². The molecule has 102 valence electrons. The van der Waals surface area contributed by atoms with Gasteiger partial charge in [0.15, 0.2) is 0 Å². The maximum absolute atomic E-state index is 11.3. The summed E-state index contributed by atoms with van der Waals surface area (Å²) in [6.07, 6.45) is 1.50. The van der Waals surface area contributed by atoms with Crippen LogP contribution in [0.2, 0.25) is 0 Å². The second kappa shape index (κ2) is 5.35. The molecule has 0 saturated carbocycles. The van der Waals surface area contributed by atoms with Crippen molar-refractivity contribution in [3.05, 3.63) is 35.2 Å². The SMILES string of the molecule is Cc1ccccc1-c1nc(-c2nnc([S+](C)[O-])o2)cs1. The van der Waals surface area contributed by atoms with Gasteiger partial charge in [0.05, 0.1) is 0 Å². The third-order valence-corrected chi connectivity index (χ3v) is 4.28. The van der Waals surface area contributed by atoms with Crippen molar-refractivity contribution in [2.75, 3.05) is 6.26 Å². The fourth-order valence-electron chi connectivity index (χ4n) is 1.74. The number of thiazole rings is 1. The van der Waals surface area contributed by atoms with Crippen LogP contribution < -0.4 is 0 Å². The normalized spacial score (nSPS) is 12.6. The van der Waals surface area contributed by atoms with Gasteiger partial charge in [0.25, 0.3) is 5.89 Å². The Labute approximate surface area is 122 Å². The lowest BCUT2D eigenvalue weighted by Crippen LogP contribution is -1.96. The van der Waals surface area contributed by atoms with Crippen LogP contribution in [0.4, 0.5) is 0 Å². The number of nitrogens with zero attached hydrogens (tertiary/aromatic N) is 3. The van der Waals surface area contributed by atoms with E-state index in [0.29, 0.717) is 11.6 Å². The van der Waals surface area contributed by atoms with Crippen LogP contribution in [0.25, 0.3) is 22.2 Å². The molecule has 3 rings (SSSR count). The molecule has 1 aromatic carbocycles. The van der Waals surface area contributed by atoms with E-state index in [1.54, 1.807) is 0 Å². The Bertz CT molecular complexity index is 737. The molecule has 0 aliphatic heterocycles. The van der Waals surface area contributed by atoms with E-state index in [9.17, 15) is 4.55 Å². The van der Waals surface area contributed by atoms with E-state index in [0.717, 1.165) is 16.1 Å². The van der Waals surface area contributed by atoms with Gasteiger partial charge in [-0.25, -0.2) is 4.98 Å². The number of aryl methyl sites for hydroxylation is 1. The molecule has 0 bridgehead atoms. The van der Waals surface area contributed by atoms with Gasteiger partial charge in [-0.3, -0.25) is 0 Å². The first kappa shape index (κ1) is 13.3. The highest BCUT2D eigenvalue weighted by molar-refractivity contribution is 7.90. The number of hydrogen-bond donors (Lipinski definition) is 0. The summed E-state index contributed by atoms with van der Waals surface area (Å²) in [7, 11) is 0. The number of rotatable bonds is 3. The second-order valence-corrected chi connectivity index (χ2v) is 6.30. The van der Waals surface area contributed by atoms with Crippen LogP contribution in [0, 0.1) is 6.92 Å².